The summed E-state index contributed by atoms with van der Waals surface area (Å²) >= 11 is 0. The first-order chi connectivity index (χ1) is 14.0. The molecule has 0 aliphatic heterocycles. The van der Waals surface area contributed by atoms with E-state index in [1.165, 1.54) is 25.1 Å². The second-order valence-electron chi connectivity index (χ2n) is 7.94. The van der Waals surface area contributed by atoms with E-state index < -0.39 is 11.6 Å². The molecule has 0 heterocycles. The first-order valence-corrected chi connectivity index (χ1v) is 9.64. The van der Waals surface area contributed by atoms with Crippen LogP contribution in [0, 0.1) is 0 Å². The zero-order valence-electron chi connectivity index (χ0n) is 18.9. The van der Waals surface area contributed by atoms with Crippen LogP contribution >= 0.6 is 0 Å². The lowest BCUT2D eigenvalue weighted by Gasteiger charge is -2.26. The summed E-state index contributed by atoms with van der Waals surface area (Å²) in [5, 5.41) is 2.46. The fraction of sp³-hybridized carbons (Fsp3) is 0.571. The Kier molecular flexibility index (Phi) is 9.58. The van der Waals surface area contributed by atoms with E-state index in [1.807, 2.05) is 19.0 Å². The van der Waals surface area contributed by atoms with Crippen molar-refractivity contribution in [2.24, 2.45) is 0 Å². The summed E-state index contributed by atoms with van der Waals surface area (Å²) < 4.78 is 16.1. The predicted octanol–water partition coefficient (Wildman–Crippen LogP) is 1.17. The lowest BCUT2D eigenvalue weighted by molar-refractivity contribution is -0.155. The van der Waals surface area contributed by atoms with Crippen LogP contribution < -0.4 is 14.8 Å². The second-order valence-corrected chi connectivity index (χ2v) is 7.94. The molecule has 1 N–H and O–H groups in total. The molecule has 0 spiro atoms. The molecule has 2 amide bonds. The SMILES string of the molecule is CNC(=O)COc1ccc(C(=O)N(CCN(C)C)CC(=O)OC(C)(C)C)cc1OC. The van der Waals surface area contributed by atoms with E-state index in [9.17, 15) is 14.4 Å². The molecule has 0 atom stereocenters. The van der Waals surface area contributed by atoms with E-state index in [0.717, 1.165) is 0 Å². The molecule has 9 nitrogen and oxygen atoms in total. The number of carbonyl (C=O) groups excluding carboxylic acids is 3. The second kappa shape index (κ2) is 11.4. The van der Waals surface area contributed by atoms with Gasteiger partial charge in [0, 0.05) is 25.7 Å². The van der Waals surface area contributed by atoms with Crippen LogP contribution in [0.1, 0.15) is 31.1 Å². The maximum Gasteiger partial charge on any atom is 0.326 e. The van der Waals surface area contributed by atoms with E-state index in [1.54, 1.807) is 32.9 Å². The predicted molar refractivity (Wildman–Crippen MR) is 113 cm³/mol. The molecule has 0 saturated heterocycles. The zero-order valence-corrected chi connectivity index (χ0v) is 18.9. The maximum atomic E-state index is 13.1. The number of amides is 2. The summed E-state index contributed by atoms with van der Waals surface area (Å²) in [4.78, 5) is 40.1. The van der Waals surface area contributed by atoms with Crippen LogP contribution in [-0.4, -0.2) is 87.7 Å². The van der Waals surface area contributed by atoms with Crippen LogP contribution in [0.25, 0.3) is 0 Å². The summed E-state index contributed by atoms with van der Waals surface area (Å²) in [6.45, 7) is 5.92. The van der Waals surface area contributed by atoms with Gasteiger partial charge in [-0.3, -0.25) is 14.4 Å². The highest BCUT2D eigenvalue weighted by Crippen LogP contribution is 2.28. The summed E-state index contributed by atoms with van der Waals surface area (Å²) in [5.74, 6) is -0.449. The van der Waals surface area contributed by atoms with Crippen LogP contribution in [0.5, 0.6) is 11.5 Å². The van der Waals surface area contributed by atoms with Crippen LogP contribution in [0.2, 0.25) is 0 Å². The fourth-order valence-electron chi connectivity index (χ4n) is 2.42. The minimum absolute atomic E-state index is 0.165. The molecule has 0 aromatic heterocycles. The van der Waals surface area contributed by atoms with Gasteiger partial charge < -0.3 is 29.3 Å². The molecule has 9 heteroatoms. The van der Waals surface area contributed by atoms with Crippen molar-refractivity contribution in [3.8, 4) is 11.5 Å². The van der Waals surface area contributed by atoms with Crippen molar-refractivity contribution in [1.82, 2.24) is 15.1 Å². The number of hydrogen-bond acceptors (Lipinski definition) is 7. The molecule has 0 aliphatic rings. The number of ether oxygens (including phenoxy) is 3. The van der Waals surface area contributed by atoms with Gasteiger partial charge in [0.15, 0.2) is 18.1 Å². The largest absolute Gasteiger partial charge is 0.493 e. The Balaban J connectivity index is 3.03. The minimum atomic E-state index is -0.639. The molecule has 1 rings (SSSR count). The molecule has 1 aromatic carbocycles. The van der Waals surface area contributed by atoms with Gasteiger partial charge in [0.1, 0.15) is 12.1 Å². The Morgan fingerprint density at radius 3 is 2.27 bits per heavy atom. The van der Waals surface area contributed by atoms with Gasteiger partial charge in [-0.25, -0.2) is 0 Å². The van der Waals surface area contributed by atoms with Crippen molar-refractivity contribution < 1.29 is 28.6 Å². The van der Waals surface area contributed by atoms with E-state index in [-0.39, 0.29) is 25.0 Å². The molecule has 0 fully saturated rings. The van der Waals surface area contributed by atoms with Gasteiger partial charge >= 0.3 is 5.97 Å². The highest BCUT2D eigenvalue weighted by Gasteiger charge is 2.24. The number of hydrogen-bond donors (Lipinski definition) is 1. The third kappa shape index (κ3) is 8.69. The first kappa shape index (κ1) is 25.2. The summed E-state index contributed by atoms with van der Waals surface area (Å²) in [6, 6.07) is 4.66. The third-order valence-corrected chi connectivity index (χ3v) is 3.89. The molecule has 0 saturated carbocycles. The van der Waals surface area contributed by atoms with E-state index in [0.29, 0.717) is 30.2 Å². The Morgan fingerprint density at radius 2 is 1.73 bits per heavy atom. The summed E-state index contributed by atoms with van der Waals surface area (Å²) in [7, 11) is 6.73. The van der Waals surface area contributed by atoms with Gasteiger partial charge in [-0.1, -0.05) is 0 Å². The van der Waals surface area contributed by atoms with Crippen LogP contribution in [0.4, 0.5) is 0 Å². The highest BCUT2D eigenvalue weighted by molar-refractivity contribution is 5.96. The van der Waals surface area contributed by atoms with Crippen molar-refractivity contribution in [2.75, 3.05) is 54.5 Å². The lowest BCUT2D eigenvalue weighted by Crippen LogP contribution is -2.42. The number of carbonyl (C=O) groups is 3. The standard InChI is InChI=1S/C21H33N3O6/c1-21(2,3)30-19(26)13-24(11-10-23(5)6)20(27)15-8-9-16(17(12-15)28-7)29-14-18(25)22-4/h8-9,12H,10-11,13-14H2,1-7H3,(H,22,25). The zero-order chi connectivity index (χ0) is 22.9. The molecule has 0 aliphatic carbocycles. The van der Waals surface area contributed by atoms with Crippen molar-refractivity contribution in [3.63, 3.8) is 0 Å². The quantitative estimate of drug-likeness (QED) is 0.564. The minimum Gasteiger partial charge on any atom is -0.493 e. The molecular weight excluding hydrogens is 390 g/mol. The summed E-state index contributed by atoms with van der Waals surface area (Å²) in [5.41, 5.74) is -0.304. The highest BCUT2D eigenvalue weighted by atomic mass is 16.6. The fourth-order valence-corrected chi connectivity index (χ4v) is 2.42. The van der Waals surface area contributed by atoms with Gasteiger partial charge in [-0.05, 0) is 53.1 Å². The van der Waals surface area contributed by atoms with Gasteiger partial charge in [-0.15, -0.1) is 0 Å². The van der Waals surface area contributed by atoms with Crippen LogP contribution in [0.3, 0.4) is 0 Å². The van der Waals surface area contributed by atoms with Gasteiger partial charge in [-0.2, -0.15) is 0 Å². The number of esters is 1. The molecule has 1 aromatic rings. The van der Waals surface area contributed by atoms with E-state index in [4.69, 9.17) is 14.2 Å². The van der Waals surface area contributed by atoms with Crippen LogP contribution in [-0.2, 0) is 14.3 Å². The lowest BCUT2D eigenvalue weighted by atomic mass is 10.1. The molecule has 0 bridgehead atoms. The number of likely N-dealkylation sites (N-methyl/N-ethyl adjacent to an activating group) is 2. The van der Waals surface area contributed by atoms with E-state index in [2.05, 4.69) is 5.32 Å². The van der Waals surface area contributed by atoms with Crippen molar-refractivity contribution in [2.45, 2.75) is 26.4 Å². The normalized spacial score (nSPS) is 11.1. The Bertz CT molecular complexity index is 743. The van der Waals surface area contributed by atoms with Crippen molar-refractivity contribution >= 4 is 17.8 Å². The topological polar surface area (TPSA) is 97.4 Å². The average molecular weight is 424 g/mol. The van der Waals surface area contributed by atoms with Crippen LogP contribution in [0.15, 0.2) is 18.2 Å². The van der Waals surface area contributed by atoms with Crippen molar-refractivity contribution in [1.29, 1.82) is 0 Å². The number of methoxy groups -OCH3 is 1. The maximum absolute atomic E-state index is 13.1. The smallest absolute Gasteiger partial charge is 0.326 e. The summed E-state index contributed by atoms with van der Waals surface area (Å²) in [6.07, 6.45) is 0. The molecule has 168 valence electrons. The van der Waals surface area contributed by atoms with E-state index >= 15 is 0 Å². The average Bonchev–Trinajstić information content (AvgIpc) is 2.66. The Labute approximate surface area is 178 Å². The monoisotopic (exact) mass is 423 g/mol. The number of nitrogens with zero attached hydrogens (tertiary/aromatic N) is 2. The number of rotatable bonds is 10. The first-order valence-electron chi connectivity index (χ1n) is 9.64. The Morgan fingerprint density at radius 1 is 1.07 bits per heavy atom. The molecular formula is C21H33N3O6. The van der Waals surface area contributed by atoms with Gasteiger partial charge in [0.25, 0.3) is 11.8 Å². The third-order valence-electron chi connectivity index (χ3n) is 3.89. The molecule has 30 heavy (non-hydrogen) atoms. The van der Waals surface area contributed by atoms with Gasteiger partial charge in [0.05, 0.1) is 7.11 Å². The molecule has 0 radical (unpaired) electrons. The van der Waals surface area contributed by atoms with Gasteiger partial charge in [0.2, 0.25) is 0 Å². The number of benzene rings is 1. The molecule has 0 unspecified atom stereocenters. The van der Waals surface area contributed by atoms with Crippen molar-refractivity contribution in [3.05, 3.63) is 23.8 Å². The number of nitrogens with one attached hydrogen (secondary N) is 1. The Hall–Kier alpha value is -2.81.